The van der Waals surface area contributed by atoms with Crippen LogP contribution in [-0.2, 0) is 6.42 Å². The topological polar surface area (TPSA) is 112 Å². The average Bonchev–Trinajstić information content (AvgIpc) is 3.08. The fourth-order valence-electron chi connectivity index (χ4n) is 3.21. The molecular weight excluding hydrogens is 372 g/mol. The number of fused-ring (bicyclic) bond motifs is 3. The first-order chi connectivity index (χ1) is 14.0. The van der Waals surface area contributed by atoms with Gasteiger partial charge in [0.25, 0.3) is 0 Å². The van der Waals surface area contributed by atoms with Gasteiger partial charge in [0.1, 0.15) is 17.0 Å². The monoisotopic (exact) mass is 390 g/mol. The third kappa shape index (κ3) is 3.10. The van der Waals surface area contributed by atoms with Crippen LogP contribution in [0.1, 0.15) is 11.1 Å². The number of allylic oxidation sites excluding steroid dienone is 1. The van der Waals surface area contributed by atoms with Crippen LogP contribution >= 0.6 is 0 Å². The second-order valence-corrected chi connectivity index (χ2v) is 6.43. The Hall–Kier alpha value is -4.07. The normalized spacial score (nSPS) is 11.5. The van der Waals surface area contributed by atoms with E-state index in [1.54, 1.807) is 49.6 Å². The summed E-state index contributed by atoms with van der Waals surface area (Å²) in [6.45, 7) is 3.65. The largest absolute Gasteiger partial charge is 0.507 e. The van der Waals surface area contributed by atoms with Crippen LogP contribution in [0.2, 0.25) is 0 Å². The highest BCUT2D eigenvalue weighted by atomic mass is 16.5. The van der Waals surface area contributed by atoms with Crippen molar-refractivity contribution in [3.63, 3.8) is 0 Å². The van der Waals surface area contributed by atoms with E-state index in [1.165, 1.54) is 6.21 Å². The fourth-order valence-corrected chi connectivity index (χ4v) is 3.21. The molecule has 0 aliphatic heterocycles. The van der Waals surface area contributed by atoms with E-state index in [0.717, 1.165) is 0 Å². The number of rotatable bonds is 5. The second-order valence-electron chi connectivity index (χ2n) is 6.43. The lowest BCUT2D eigenvalue weighted by molar-refractivity contribution is 0.415. The number of para-hydroxylation sites is 1. The molecule has 0 radical (unpaired) electrons. The zero-order valence-electron chi connectivity index (χ0n) is 15.6. The zero-order valence-corrected chi connectivity index (χ0v) is 15.6. The number of aromatic nitrogens is 3. The molecule has 2 aromatic heterocycles. The maximum Gasteiger partial charge on any atom is 0.350 e. The van der Waals surface area contributed by atoms with Crippen LogP contribution in [0.3, 0.4) is 0 Å². The molecule has 0 spiro atoms. The molecule has 4 rings (SSSR count). The number of nitrogens with zero attached hydrogens (tertiary/aromatic N) is 2. The van der Waals surface area contributed by atoms with Gasteiger partial charge in [-0.05, 0) is 30.2 Å². The van der Waals surface area contributed by atoms with Gasteiger partial charge < -0.3 is 19.8 Å². The predicted molar refractivity (Wildman–Crippen MR) is 112 cm³/mol. The van der Waals surface area contributed by atoms with Gasteiger partial charge >= 0.3 is 11.2 Å². The van der Waals surface area contributed by atoms with Gasteiger partial charge in [-0.2, -0.15) is 5.10 Å². The molecule has 0 unspecified atom stereocenters. The molecule has 8 nitrogen and oxygen atoms in total. The van der Waals surface area contributed by atoms with Gasteiger partial charge in [0.15, 0.2) is 0 Å². The van der Waals surface area contributed by atoms with E-state index in [1.807, 2.05) is 0 Å². The minimum absolute atomic E-state index is 0.0272. The first-order valence-electron chi connectivity index (χ1n) is 8.84. The van der Waals surface area contributed by atoms with Crippen LogP contribution in [0, 0.1) is 0 Å². The number of benzene rings is 2. The van der Waals surface area contributed by atoms with E-state index in [9.17, 15) is 14.7 Å². The van der Waals surface area contributed by atoms with E-state index < -0.39 is 11.2 Å². The van der Waals surface area contributed by atoms with Crippen LogP contribution in [0.25, 0.3) is 21.9 Å². The molecule has 29 heavy (non-hydrogen) atoms. The Labute approximate surface area is 164 Å². The number of ether oxygens (including phenoxy) is 1. The lowest BCUT2D eigenvalue weighted by atomic mass is 10.1. The van der Waals surface area contributed by atoms with Crippen molar-refractivity contribution < 1.29 is 9.84 Å². The molecule has 8 heteroatoms. The minimum atomic E-state index is -0.683. The van der Waals surface area contributed by atoms with Crippen molar-refractivity contribution in [2.75, 3.05) is 7.11 Å². The Bertz CT molecular complexity index is 1390. The van der Waals surface area contributed by atoms with E-state index in [0.29, 0.717) is 44.4 Å². The van der Waals surface area contributed by atoms with Crippen LogP contribution in [0.4, 0.5) is 0 Å². The molecule has 0 bridgehead atoms. The van der Waals surface area contributed by atoms with E-state index in [2.05, 4.69) is 21.6 Å². The number of aromatic hydroxyl groups is 1. The van der Waals surface area contributed by atoms with Crippen molar-refractivity contribution in [2.24, 2.45) is 5.10 Å². The third-order valence-electron chi connectivity index (χ3n) is 4.66. The summed E-state index contributed by atoms with van der Waals surface area (Å²) < 4.78 is 5.91. The van der Waals surface area contributed by atoms with Gasteiger partial charge in [-0.15, -0.1) is 11.3 Å². The Balaban J connectivity index is 1.85. The summed E-state index contributed by atoms with van der Waals surface area (Å²) >= 11 is 0. The smallest absolute Gasteiger partial charge is 0.350 e. The van der Waals surface area contributed by atoms with Crippen LogP contribution < -0.4 is 16.0 Å². The molecule has 0 aliphatic carbocycles. The lowest BCUT2D eigenvalue weighted by Gasteiger charge is -2.04. The average molecular weight is 390 g/mol. The number of phenols is 1. The summed E-state index contributed by atoms with van der Waals surface area (Å²) in [5.74, 6) is 0.652. The number of phenolic OH excluding ortho intramolecular Hbond substituents is 1. The standard InChI is InChI=1S/C21H18N4O4/c1-3-5-12-6-4-7-13(19(12)26)11-22-25-20(27)18-17(24-21(25)28)15-9-8-14(29-2)10-16(15)23-18/h3-4,6-11,23,26H,1,5H2,2H3,(H,24,28)/b22-11-. The minimum Gasteiger partial charge on any atom is -0.507 e. The number of hydrogen-bond acceptors (Lipinski definition) is 5. The van der Waals surface area contributed by atoms with Gasteiger partial charge in [-0.3, -0.25) is 4.79 Å². The van der Waals surface area contributed by atoms with Gasteiger partial charge in [-0.1, -0.05) is 18.2 Å². The molecule has 0 saturated carbocycles. The fraction of sp³-hybridized carbons (Fsp3) is 0.0952. The molecule has 2 aromatic carbocycles. The first-order valence-corrected chi connectivity index (χ1v) is 8.84. The summed E-state index contributed by atoms with van der Waals surface area (Å²) in [5.41, 5.74) is 1.05. The van der Waals surface area contributed by atoms with Crippen LogP contribution in [0.5, 0.6) is 11.5 Å². The molecule has 0 amide bonds. The lowest BCUT2D eigenvalue weighted by Crippen LogP contribution is -2.32. The van der Waals surface area contributed by atoms with Crippen molar-refractivity contribution in [3.05, 3.63) is 81.0 Å². The first kappa shape index (κ1) is 18.3. The summed E-state index contributed by atoms with van der Waals surface area (Å²) in [4.78, 5) is 31.0. The summed E-state index contributed by atoms with van der Waals surface area (Å²) in [7, 11) is 1.55. The molecule has 0 atom stereocenters. The quantitative estimate of drug-likeness (QED) is 0.359. The number of nitrogens with one attached hydrogen (secondary N) is 2. The van der Waals surface area contributed by atoms with Crippen molar-refractivity contribution in [1.82, 2.24) is 14.6 Å². The number of hydrogen-bond donors (Lipinski definition) is 3. The molecule has 0 fully saturated rings. The SMILES string of the molecule is C=CCc1cccc(/C=N\n2c(=O)[nH]c3c([nH]c4cc(OC)ccc43)c2=O)c1O. The molecule has 0 saturated heterocycles. The Morgan fingerprint density at radius 1 is 1.21 bits per heavy atom. The number of aromatic amines is 2. The second kappa shape index (κ2) is 7.16. The van der Waals surface area contributed by atoms with Gasteiger partial charge in [-0.25, -0.2) is 4.79 Å². The highest BCUT2D eigenvalue weighted by Crippen LogP contribution is 2.25. The van der Waals surface area contributed by atoms with Crippen LogP contribution in [-0.4, -0.2) is 33.1 Å². The number of H-pyrrole nitrogens is 2. The molecular formula is C21H18N4O4. The molecule has 146 valence electrons. The molecule has 0 aliphatic rings. The van der Waals surface area contributed by atoms with E-state index in [4.69, 9.17) is 4.74 Å². The van der Waals surface area contributed by atoms with Crippen molar-refractivity contribution in [2.45, 2.75) is 6.42 Å². The Morgan fingerprint density at radius 3 is 2.79 bits per heavy atom. The van der Waals surface area contributed by atoms with Gasteiger partial charge in [0, 0.05) is 17.0 Å². The Kier molecular flexibility index (Phi) is 4.52. The highest BCUT2D eigenvalue weighted by molar-refractivity contribution is 6.04. The van der Waals surface area contributed by atoms with Crippen molar-refractivity contribution >= 4 is 28.2 Å². The predicted octanol–water partition coefficient (Wildman–Crippen LogP) is 2.50. The third-order valence-corrected chi connectivity index (χ3v) is 4.66. The van der Waals surface area contributed by atoms with Crippen molar-refractivity contribution in [1.29, 1.82) is 0 Å². The Morgan fingerprint density at radius 2 is 2.03 bits per heavy atom. The molecule has 3 N–H and O–H groups in total. The molecule has 2 heterocycles. The van der Waals surface area contributed by atoms with Gasteiger partial charge in [0.05, 0.1) is 24.4 Å². The van der Waals surface area contributed by atoms with E-state index >= 15 is 0 Å². The summed E-state index contributed by atoms with van der Waals surface area (Å²) in [6, 6.07) is 10.4. The van der Waals surface area contributed by atoms with Gasteiger partial charge in [0.2, 0.25) is 0 Å². The summed E-state index contributed by atoms with van der Waals surface area (Å²) in [5, 5.41) is 15.0. The van der Waals surface area contributed by atoms with Crippen LogP contribution in [0.15, 0.2) is 63.7 Å². The maximum atomic E-state index is 12.8. The maximum absolute atomic E-state index is 12.8. The van der Waals surface area contributed by atoms with Crippen molar-refractivity contribution in [3.8, 4) is 11.5 Å². The zero-order chi connectivity index (χ0) is 20.5. The number of methoxy groups -OCH3 is 1. The van der Waals surface area contributed by atoms with E-state index in [-0.39, 0.29) is 11.3 Å². The molecule has 4 aromatic rings. The highest BCUT2D eigenvalue weighted by Gasteiger charge is 2.13. The summed E-state index contributed by atoms with van der Waals surface area (Å²) in [6.07, 6.45) is 3.43.